The second kappa shape index (κ2) is 6.36. The third-order valence-electron chi connectivity index (χ3n) is 4.75. The maximum atomic E-state index is 11.1. The minimum absolute atomic E-state index is 0.0775. The van der Waals surface area contributed by atoms with E-state index < -0.39 is 11.6 Å². The van der Waals surface area contributed by atoms with E-state index in [0.717, 1.165) is 5.69 Å². The summed E-state index contributed by atoms with van der Waals surface area (Å²) < 4.78 is 0. The first-order valence-corrected chi connectivity index (χ1v) is 8.13. The number of carbonyl (C=O) groups is 1. The fourth-order valence-electron chi connectivity index (χ4n) is 3.20. The zero-order chi connectivity index (χ0) is 18.2. The summed E-state index contributed by atoms with van der Waals surface area (Å²) >= 11 is 6.11. The van der Waals surface area contributed by atoms with Gasteiger partial charge in [-0.25, -0.2) is 4.79 Å². The van der Waals surface area contributed by atoms with Crippen molar-refractivity contribution in [3.8, 4) is 6.07 Å². The summed E-state index contributed by atoms with van der Waals surface area (Å²) in [6, 6.07) is 9.89. The molecule has 1 aliphatic rings. The zero-order valence-corrected chi connectivity index (χ0v) is 14.2. The number of anilines is 1. The van der Waals surface area contributed by atoms with Gasteiger partial charge in [0.05, 0.1) is 27.9 Å². The van der Waals surface area contributed by atoms with E-state index in [2.05, 4.69) is 4.98 Å². The number of aliphatic hydroxyl groups is 1. The Morgan fingerprint density at radius 1 is 1.44 bits per heavy atom. The molecule has 2 atom stereocenters. The smallest absolute Gasteiger partial charge is 0.337 e. The molecule has 2 N–H and O–H groups in total. The van der Waals surface area contributed by atoms with Gasteiger partial charge in [-0.15, -0.1) is 0 Å². The van der Waals surface area contributed by atoms with E-state index in [1.54, 1.807) is 24.3 Å². The molecule has 7 heteroatoms. The van der Waals surface area contributed by atoms with Gasteiger partial charge in [0.2, 0.25) is 0 Å². The van der Waals surface area contributed by atoms with E-state index in [9.17, 15) is 9.90 Å². The number of halogens is 1. The number of carboxylic acids is 1. The third kappa shape index (κ3) is 2.93. The number of carboxylic acid groups (broad SMARTS) is 1. The summed E-state index contributed by atoms with van der Waals surface area (Å²) in [4.78, 5) is 17.1. The Bertz CT molecular complexity index is 863. The second-order valence-corrected chi connectivity index (χ2v) is 6.46. The Morgan fingerprint density at radius 2 is 2.20 bits per heavy atom. The lowest BCUT2D eigenvalue weighted by Crippen LogP contribution is -2.41. The van der Waals surface area contributed by atoms with Crippen molar-refractivity contribution < 1.29 is 15.0 Å². The average molecular weight is 358 g/mol. The van der Waals surface area contributed by atoms with E-state index in [1.165, 1.54) is 12.3 Å². The summed E-state index contributed by atoms with van der Waals surface area (Å²) in [6.45, 7) is 2.47. The van der Waals surface area contributed by atoms with Crippen molar-refractivity contribution in [2.45, 2.75) is 25.0 Å². The van der Waals surface area contributed by atoms with Crippen LogP contribution >= 0.6 is 11.6 Å². The Hall–Kier alpha value is -2.62. The van der Waals surface area contributed by atoms with Crippen LogP contribution in [0.1, 0.15) is 35.0 Å². The normalized spacial score (nSPS) is 22.6. The van der Waals surface area contributed by atoms with Gasteiger partial charge in [0.25, 0.3) is 0 Å². The summed E-state index contributed by atoms with van der Waals surface area (Å²) in [6.07, 6.45) is 1.70. The maximum Gasteiger partial charge on any atom is 0.337 e. The fourth-order valence-corrected chi connectivity index (χ4v) is 3.41. The largest absolute Gasteiger partial charge is 0.478 e. The Labute approximate surface area is 149 Å². The van der Waals surface area contributed by atoms with Gasteiger partial charge >= 0.3 is 5.97 Å². The van der Waals surface area contributed by atoms with Crippen LogP contribution in [0, 0.1) is 11.3 Å². The molecule has 3 rings (SSSR count). The number of aromatic carboxylic acids is 1. The lowest BCUT2D eigenvalue weighted by atomic mass is 9.91. The highest BCUT2D eigenvalue weighted by molar-refractivity contribution is 6.32. The molecule has 1 aromatic heterocycles. The number of hydrogen-bond donors (Lipinski definition) is 2. The number of rotatable bonds is 3. The van der Waals surface area contributed by atoms with Crippen molar-refractivity contribution in [2.24, 2.45) is 0 Å². The van der Waals surface area contributed by atoms with Gasteiger partial charge in [0.15, 0.2) is 0 Å². The topological polar surface area (TPSA) is 97.5 Å². The Morgan fingerprint density at radius 3 is 2.76 bits per heavy atom. The van der Waals surface area contributed by atoms with Crippen molar-refractivity contribution in [3.05, 3.63) is 58.4 Å². The maximum absolute atomic E-state index is 11.1. The molecular formula is C18H16ClN3O3. The van der Waals surface area contributed by atoms with Crippen LogP contribution in [0.3, 0.4) is 0 Å². The van der Waals surface area contributed by atoms with Crippen LogP contribution in [-0.4, -0.2) is 33.8 Å². The minimum atomic E-state index is -1.20. The molecule has 0 amide bonds. The third-order valence-corrected chi connectivity index (χ3v) is 5.06. The predicted octanol–water partition coefficient (Wildman–Crippen LogP) is 2.79. The van der Waals surface area contributed by atoms with E-state index in [1.807, 2.05) is 17.9 Å². The summed E-state index contributed by atoms with van der Waals surface area (Å²) in [7, 11) is 0. The highest BCUT2D eigenvalue weighted by Gasteiger charge is 2.46. The van der Waals surface area contributed by atoms with E-state index >= 15 is 0 Å². The summed E-state index contributed by atoms with van der Waals surface area (Å²) in [5.41, 5.74) is 0.534. The molecule has 25 heavy (non-hydrogen) atoms. The fraction of sp³-hybridized carbons (Fsp3) is 0.278. The van der Waals surface area contributed by atoms with E-state index in [0.29, 0.717) is 29.2 Å². The molecule has 6 nitrogen and oxygen atoms in total. The molecule has 0 saturated carbocycles. The molecule has 128 valence electrons. The van der Waals surface area contributed by atoms with Crippen molar-refractivity contribution in [3.63, 3.8) is 0 Å². The van der Waals surface area contributed by atoms with Crippen LogP contribution in [0.2, 0.25) is 5.02 Å². The van der Waals surface area contributed by atoms with Gasteiger partial charge in [-0.3, -0.25) is 4.98 Å². The molecule has 2 heterocycles. The first-order chi connectivity index (χ1) is 11.9. The van der Waals surface area contributed by atoms with E-state index in [4.69, 9.17) is 22.0 Å². The summed E-state index contributed by atoms with van der Waals surface area (Å²) in [5.74, 6) is -1.06. The number of nitrogens with zero attached hydrogens (tertiary/aromatic N) is 3. The van der Waals surface area contributed by atoms with Crippen molar-refractivity contribution in [2.75, 3.05) is 11.4 Å². The SMILES string of the molecule is C[C@@H]1N(c2ccc(C#N)c(Cl)c2)CC[C@@]1(O)c1ccc(C(=O)O)cn1. The molecule has 1 saturated heterocycles. The molecule has 0 radical (unpaired) electrons. The van der Waals surface area contributed by atoms with Gasteiger partial charge in [0.1, 0.15) is 11.7 Å². The van der Waals surface area contributed by atoms with Gasteiger partial charge < -0.3 is 15.1 Å². The number of benzene rings is 1. The summed E-state index contributed by atoms with van der Waals surface area (Å²) in [5, 5.41) is 29.4. The molecule has 0 spiro atoms. The van der Waals surface area contributed by atoms with Gasteiger partial charge in [-0.05, 0) is 37.3 Å². The molecule has 2 aromatic rings. The lowest BCUT2D eigenvalue weighted by Gasteiger charge is -2.32. The van der Waals surface area contributed by atoms with Gasteiger partial charge in [0, 0.05) is 24.8 Å². The van der Waals surface area contributed by atoms with Crippen LogP contribution in [0.5, 0.6) is 0 Å². The molecule has 1 aliphatic heterocycles. The predicted molar refractivity (Wildman–Crippen MR) is 92.7 cm³/mol. The van der Waals surface area contributed by atoms with Crippen molar-refractivity contribution in [1.82, 2.24) is 4.98 Å². The van der Waals surface area contributed by atoms with Crippen LogP contribution in [0.4, 0.5) is 5.69 Å². The zero-order valence-electron chi connectivity index (χ0n) is 13.5. The van der Waals surface area contributed by atoms with Gasteiger partial charge in [-0.1, -0.05) is 11.6 Å². The number of pyridine rings is 1. The highest BCUT2D eigenvalue weighted by Crippen LogP contribution is 2.40. The van der Waals surface area contributed by atoms with E-state index in [-0.39, 0.29) is 11.6 Å². The van der Waals surface area contributed by atoms with Crippen molar-refractivity contribution in [1.29, 1.82) is 5.26 Å². The molecule has 1 fully saturated rings. The lowest BCUT2D eigenvalue weighted by molar-refractivity contribution is 0.0285. The first-order valence-electron chi connectivity index (χ1n) is 7.75. The molecule has 1 aromatic carbocycles. The quantitative estimate of drug-likeness (QED) is 0.876. The molecular weight excluding hydrogens is 342 g/mol. The second-order valence-electron chi connectivity index (χ2n) is 6.06. The number of aromatic nitrogens is 1. The van der Waals surface area contributed by atoms with Gasteiger partial charge in [-0.2, -0.15) is 5.26 Å². The van der Waals surface area contributed by atoms with Crippen LogP contribution in [0.25, 0.3) is 0 Å². The van der Waals surface area contributed by atoms with Crippen LogP contribution in [0.15, 0.2) is 36.5 Å². The Balaban J connectivity index is 1.90. The van der Waals surface area contributed by atoms with Crippen molar-refractivity contribution >= 4 is 23.3 Å². The first kappa shape index (κ1) is 17.2. The highest BCUT2D eigenvalue weighted by atomic mass is 35.5. The Kier molecular flexibility index (Phi) is 4.38. The number of hydrogen-bond acceptors (Lipinski definition) is 5. The molecule has 0 aliphatic carbocycles. The molecule has 0 unspecified atom stereocenters. The van der Waals surface area contributed by atoms with Crippen LogP contribution in [-0.2, 0) is 5.60 Å². The standard InChI is InChI=1S/C18H16ClN3O3/c1-11-18(25,16-5-3-13(10-21-16)17(23)24)6-7-22(11)14-4-2-12(9-20)15(19)8-14/h2-5,8,10-11,25H,6-7H2,1H3,(H,23,24)/t11-,18-/m0/s1. The minimum Gasteiger partial charge on any atom is -0.478 e. The van der Waals surface area contributed by atoms with Crippen LogP contribution < -0.4 is 4.90 Å². The average Bonchev–Trinajstić information content (AvgIpc) is 2.91. The molecule has 0 bridgehead atoms. The number of nitriles is 1. The monoisotopic (exact) mass is 357 g/mol.